The molecule has 0 unspecified atom stereocenters. The van der Waals surface area contributed by atoms with Crippen LogP contribution in [0, 0.1) is 0 Å². The minimum atomic E-state index is -0.479. The number of ether oxygens (including phenoxy) is 1. The molecule has 1 aliphatic rings. The first-order chi connectivity index (χ1) is 11.5. The number of imide groups is 1. The fourth-order valence-corrected chi connectivity index (χ4v) is 2.56. The highest BCUT2D eigenvalue weighted by molar-refractivity contribution is 6.31. The van der Waals surface area contributed by atoms with E-state index < -0.39 is 17.7 Å². The largest absolute Gasteiger partial charge is 0.493 e. The molecule has 24 heavy (non-hydrogen) atoms. The molecular formula is C17H13ClN2O4. The highest BCUT2D eigenvalue weighted by Crippen LogP contribution is 2.26. The molecule has 1 aliphatic heterocycles. The molecule has 7 heteroatoms. The fraction of sp³-hybridized carbons (Fsp3) is 0.118. The van der Waals surface area contributed by atoms with E-state index in [1.54, 1.807) is 31.2 Å². The van der Waals surface area contributed by atoms with Gasteiger partial charge in [0, 0.05) is 10.7 Å². The van der Waals surface area contributed by atoms with Crippen molar-refractivity contribution in [3.8, 4) is 5.75 Å². The molecule has 0 spiro atoms. The Morgan fingerprint density at radius 2 is 1.88 bits per heavy atom. The maximum absolute atomic E-state index is 12.5. The van der Waals surface area contributed by atoms with E-state index >= 15 is 0 Å². The normalized spacial score (nSPS) is 12.6. The molecular weight excluding hydrogens is 332 g/mol. The van der Waals surface area contributed by atoms with Crippen molar-refractivity contribution in [3.63, 3.8) is 0 Å². The number of halogens is 1. The van der Waals surface area contributed by atoms with Gasteiger partial charge in [0.25, 0.3) is 17.7 Å². The summed E-state index contributed by atoms with van der Waals surface area (Å²) in [5, 5.41) is 5.35. The first-order valence-corrected chi connectivity index (χ1v) is 7.61. The first-order valence-electron chi connectivity index (χ1n) is 7.23. The topological polar surface area (TPSA) is 84.5 Å². The third-order valence-corrected chi connectivity index (χ3v) is 3.72. The van der Waals surface area contributed by atoms with Crippen LogP contribution in [0.25, 0.3) is 0 Å². The molecule has 2 aromatic rings. The lowest BCUT2D eigenvalue weighted by Gasteiger charge is -2.11. The summed E-state index contributed by atoms with van der Waals surface area (Å²) in [6.07, 6.45) is 0. The zero-order valence-electron chi connectivity index (χ0n) is 12.7. The fourth-order valence-electron chi connectivity index (χ4n) is 2.40. The van der Waals surface area contributed by atoms with Crippen LogP contribution in [0.15, 0.2) is 36.4 Å². The van der Waals surface area contributed by atoms with E-state index in [2.05, 4.69) is 10.6 Å². The Morgan fingerprint density at radius 3 is 2.62 bits per heavy atom. The van der Waals surface area contributed by atoms with Gasteiger partial charge in [-0.15, -0.1) is 0 Å². The predicted octanol–water partition coefficient (Wildman–Crippen LogP) is 2.87. The Morgan fingerprint density at radius 1 is 1.12 bits per heavy atom. The van der Waals surface area contributed by atoms with Gasteiger partial charge in [0.15, 0.2) is 0 Å². The number of carbonyl (C=O) groups is 3. The Labute approximate surface area is 142 Å². The predicted molar refractivity (Wildman–Crippen MR) is 88.8 cm³/mol. The lowest BCUT2D eigenvalue weighted by atomic mass is 10.1. The zero-order valence-corrected chi connectivity index (χ0v) is 13.4. The van der Waals surface area contributed by atoms with Gasteiger partial charge in [-0.2, -0.15) is 0 Å². The molecule has 2 aromatic carbocycles. The molecule has 0 bridgehead atoms. The number of carbonyl (C=O) groups excluding carboxylic acids is 3. The van der Waals surface area contributed by atoms with Gasteiger partial charge in [0.05, 0.1) is 23.3 Å². The number of rotatable bonds is 4. The number of amides is 3. The van der Waals surface area contributed by atoms with Crippen molar-refractivity contribution in [2.75, 3.05) is 11.9 Å². The van der Waals surface area contributed by atoms with Crippen molar-refractivity contribution < 1.29 is 19.1 Å². The summed E-state index contributed by atoms with van der Waals surface area (Å²) < 4.78 is 5.43. The Balaban J connectivity index is 1.87. The first kappa shape index (κ1) is 16.0. The number of hydrogen-bond donors (Lipinski definition) is 2. The second-order valence-electron chi connectivity index (χ2n) is 5.07. The van der Waals surface area contributed by atoms with E-state index in [-0.39, 0.29) is 5.56 Å². The summed E-state index contributed by atoms with van der Waals surface area (Å²) in [4.78, 5) is 35.7. The minimum absolute atomic E-state index is 0.235. The number of fused-ring (bicyclic) bond motifs is 1. The van der Waals surface area contributed by atoms with Crippen molar-refractivity contribution in [2.24, 2.45) is 0 Å². The molecule has 0 radical (unpaired) electrons. The number of nitrogens with one attached hydrogen (secondary N) is 2. The number of benzene rings is 2. The summed E-state index contributed by atoms with van der Waals surface area (Å²) in [7, 11) is 0. The van der Waals surface area contributed by atoms with Gasteiger partial charge >= 0.3 is 0 Å². The maximum Gasteiger partial charge on any atom is 0.259 e. The van der Waals surface area contributed by atoms with Gasteiger partial charge in [0.2, 0.25) is 0 Å². The number of hydrogen-bond acceptors (Lipinski definition) is 4. The van der Waals surface area contributed by atoms with E-state index in [0.717, 1.165) is 0 Å². The molecule has 0 aromatic heterocycles. The second kappa shape index (κ2) is 6.33. The lowest BCUT2D eigenvalue weighted by molar-refractivity contribution is 0.0878. The Hall–Kier alpha value is -2.86. The lowest BCUT2D eigenvalue weighted by Crippen LogP contribution is -2.19. The van der Waals surface area contributed by atoms with Gasteiger partial charge < -0.3 is 10.1 Å². The molecule has 3 amide bonds. The molecule has 1 heterocycles. The van der Waals surface area contributed by atoms with E-state index in [0.29, 0.717) is 34.2 Å². The molecule has 2 N–H and O–H groups in total. The van der Waals surface area contributed by atoms with Crippen molar-refractivity contribution in [1.82, 2.24) is 5.32 Å². The van der Waals surface area contributed by atoms with Crippen LogP contribution >= 0.6 is 11.6 Å². The maximum atomic E-state index is 12.5. The summed E-state index contributed by atoms with van der Waals surface area (Å²) in [5.74, 6) is -0.951. The molecule has 0 saturated heterocycles. The van der Waals surface area contributed by atoms with E-state index in [1.165, 1.54) is 12.1 Å². The van der Waals surface area contributed by atoms with Crippen molar-refractivity contribution in [3.05, 3.63) is 58.1 Å². The molecule has 3 rings (SSSR count). The standard InChI is InChI=1S/C17H13ClN2O4/c1-2-24-14-7-9(18)3-5-12(14)16(22)19-10-4-6-11-13(8-10)17(23)20-15(11)21/h3-8H,2H2,1H3,(H,19,22)(H,20,21,23). The zero-order chi connectivity index (χ0) is 17.3. The summed E-state index contributed by atoms with van der Waals surface area (Å²) in [6.45, 7) is 2.19. The Kier molecular flexibility index (Phi) is 4.22. The van der Waals surface area contributed by atoms with Crippen LogP contribution in [0.1, 0.15) is 38.0 Å². The summed E-state index contributed by atoms with van der Waals surface area (Å²) in [6, 6.07) is 9.24. The molecule has 122 valence electrons. The summed E-state index contributed by atoms with van der Waals surface area (Å²) in [5.41, 5.74) is 1.25. The third kappa shape index (κ3) is 2.96. The van der Waals surface area contributed by atoms with Crippen LogP contribution < -0.4 is 15.4 Å². The van der Waals surface area contributed by atoms with Crippen LogP contribution in [0.4, 0.5) is 5.69 Å². The van der Waals surface area contributed by atoms with Crippen LogP contribution in [-0.2, 0) is 0 Å². The van der Waals surface area contributed by atoms with Crippen molar-refractivity contribution >= 4 is 35.0 Å². The smallest absolute Gasteiger partial charge is 0.259 e. The highest BCUT2D eigenvalue weighted by Gasteiger charge is 2.27. The van der Waals surface area contributed by atoms with E-state index in [4.69, 9.17) is 16.3 Å². The average Bonchev–Trinajstić information content (AvgIpc) is 2.82. The van der Waals surface area contributed by atoms with Crippen LogP contribution in [-0.4, -0.2) is 24.3 Å². The second-order valence-corrected chi connectivity index (χ2v) is 5.51. The monoisotopic (exact) mass is 344 g/mol. The molecule has 6 nitrogen and oxygen atoms in total. The molecule has 0 atom stereocenters. The molecule has 0 aliphatic carbocycles. The summed E-state index contributed by atoms with van der Waals surface area (Å²) >= 11 is 5.92. The van der Waals surface area contributed by atoms with Gasteiger partial charge in [-0.1, -0.05) is 11.6 Å². The van der Waals surface area contributed by atoms with Crippen molar-refractivity contribution in [2.45, 2.75) is 6.92 Å². The van der Waals surface area contributed by atoms with Gasteiger partial charge in [-0.05, 0) is 43.3 Å². The quantitative estimate of drug-likeness (QED) is 0.835. The molecule has 0 saturated carbocycles. The van der Waals surface area contributed by atoms with Gasteiger partial charge in [0.1, 0.15) is 5.75 Å². The molecule has 0 fully saturated rings. The minimum Gasteiger partial charge on any atom is -0.493 e. The Bertz CT molecular complexity index is 864. The van der Waals surface area contributed by atoms with Crippen molar-refractivity contribution in [1.29, 1.82) is 0 Å². The van der Waals surface area contributed by atoms with Gasteiger partial charge in [-0.25, -0.2) is 0 Å². The van der Waals surface area contributed by atoms with Crippen LogP contribution in [0.5, 0.6) is 5.75 Å². The third-order valence-electron chi connectivity index (χ3n) is 3.48. The highest BCUT2D eigenvalue weighted by atomic mass is 35.5. The van der Waals surface area contributed by atoms with E-state index in [9.17, 15) is 14.4 Å². The van der Waals surface area contributed by atoms with Crippen LogP contribution in [0.3, 0.4) is 0 Å². The van der Waals surface area contributed by atoms with Gasteiger partial charge in [-0.3, -0.25) is 19.7 Å². The van der Waals surface area contributed by atoms with E-state index in [1.807, 2.05) is 0 Å². The SMILES string of the molecule is CCOc1cc(Cl)ccc1C(=O)Nc1ccc2c(c1)C(=O)NC2=O. The number of anilines is 1. The average molecular weight is 345 g/mol. The van der Waals surface area contributed by atoms with Crippen LogP contribution in [0.2, 0.25) is 5.02 Å².